The molecule has 2 rings (SSSR count). The van der Waals surface area contributed by atoms with Crippen LogP contribution in [0.5, 0.6) is 5.75 Å². The molecule has 0 bridgehead atoms. The van der Waals surface area contributed by atoms with Crippen molar-refractivity contribution < 1.29 is 38.0 Å². The van der Waals surface area contributed by atoms with Gasteiger partial charge in [-0.2, -0.15) is 0 Å². The first kappa shape index (κ1) is 39.0. The van der Waals surface area contributed by atoms with Gasteiger partial charge in [0.25, 0.3) is 0 Å². The van der Waals surface area contributed by atoms with Gasteiger partial charge in [0.1, 0.15) is 18.3 Å². The number of hydrogen-bond acceptors (Lipinski definition) is 10. The van der Waals surface area contributed by atoms with Gasteiger partial charge in [-0.3, -0.25) is 33.1 Å². The molecule has 0 saturated heterocycles. The van der Waals surface area contributed by atoms with Crippen LogP contribution in [0, 0.1) is 6.92 Å². The lowest BCUT2D eigenvalue weighted by Gasteiger charge is -2.27. The molecule has 0 aliphatic heterocycles. The third-order valence-corrected chi connectivity index (χ3v) is 8.28. The summed E-state index contributed by atoms with van der Waals surface area (Å²) >= 11 is 0. The van der Waals surface area contributed by atoms with Crippen molar-refractivity contribution in [1.82, 2.24) is 15.5 Å². The summed E-state index contributed by atoms with van der Waals surface area (Å²) in [5.74, 6) is -3.08. The van der Waals surface area contributed by atoms with E-state index in [1.807, 2.05) is 6.07 Å². The molecule has 0 spiro atoms. The largest absolute Gasteiger partial charge is 0.508 e. The van der Waals surface area contributed by atoms with Gasteiger partial charge in [0.2, 0.25) is 23.6 Å². The van der Waals surface area contributed by atoms with Crippen LogP contribution in [-0.2, 0) is 52.4 Å². The lowest BCUT2D eigenvalue weighted by molar-refractivity contribution is -0.149. The van der Waals surface area contributed by atoms with Crippen LogP contribution in [0.15, 0.2) is 48.5 Å². The summed E-state index contributed by atoms with van der Waals surface area (Å²) in [4.78, 5) is 65.6. The third kappa shape index (κ3) is 14.0. The standard InChI is InChI=1S/C33H47N5O8S/c1-22-18-25(39)14-13-24(22)20-27(35)33(44)38(32(43)26(34)15-17-47(3)45)21-29(40)37-28(19-23-10-6-4-7-11-23)31(42)36-16-9-5-8-12-30(41)46-2/h4,6-7,10-11,13-14,18,26-28,39H,5,8-9,12,15-17,19-21,34-35H2,1-3H3,(H,36,42)(H,37,40)/t26-,27+,28+,47?/m1/s1. The Morgan fingerprint density at radius 2 is 1.64 bits per heavy atom. The van der Waals surface area contributed by atoms with Crippen LogP contribution in [0.3, 0.4) is 0 Å². The van der Waals surface area contributed by atoms with Crippen LogP contribution in [-0.4, -0.2) is 94.1 Å². The number of aryl methyl sites for hydroxylation is 1. The minimum atomic E-state index is -1.24. The Morgan fingerprint density at radius 3 is 2.28 bits per heavy atom. The smallest absolute Gasteiger partial charge is 0.305 e. The van der Waals surface area contributed by atoms with E-state index in [9.17, 15) is 33.3 Å². The molecule has 14 heteroatoms. The number of phenolic OH excluding ortho intramolecular Hbond substituents is 1. The molecule has 2 aromatic rings. The van der Waals surface area contributed by atoms with Crippen LogP contribution in [0.4, 0.5) is 0 Å². The number of esters is 1. The van der Waals surface area contributed by atoms with E-state index in [-0.39, 0.29) is 43.2 Å². The maximum atomic E-state index is 13.6. The van der Waals surface area contributed by atoms with Gasteiger partial charge in [0.05, 0.1) is 19.2 Å². The van der Waals surface area contributed by atoms with E-state index in [4.69, 9.17) is 11.5 Å². The second-order valence-corrected chi connectivity index (χ2v) is 12.9. The molecule has 0 saturated carbocycles. The molecule has 4 atom stereocenters. The molecule has 47 heavy (non-hydrogen) atoms. The zero-order valence-corrected chi connectivity index (χ0v) is 28.1. The molecule has 0 aliphatic carbocycles. The molecule has 13 nitrogen and oxygen atoms in total. The van der Waals surface area contributed by atoms with E-state index in [0.29, 0.717) is 41.8 Å². The first-order valence-corrected chi connectivity index (χ1v) is 17.2. The predicted octanol–water partition coefficient (Wildman–Crippen LogP) is 0.599. The van der Waals surface area contributed by atoms with Crippen molar-refractivity contribution in [3.63, 3.8) is 0 Å². The fraction of sp³-hybridized carbons (Fsp3) is 0.485. The Kier molecular flexibility index (Phi) is 16.8. The first-order valence-electron chi connectivity index (χ1n) is 15.4. The van der Waals surface area contributed by atoms with Gasteiger partial charge in [-0.25, -0.2) is 0 Å². The van der Waals surface area contributed by atoms with E-state index >= 15 is 0 Å². The molecule has 7 N–H and O–H groups in total. The minimum Gasteiger partial charge on any atom is -0.508 e. The van der Waals surface area contributed by atoms with Crippen molar-refractivity contribution in [3.8, 4) is 5.75 Å². The van der Waals surface area contributed by atoms with Crippen molar-refractivity contribution in [1.29, 1.82) is 0 Å². The lowest BCUT2D eigenvalue weighted by Crippen LogP contribution is -2.57. The average molecular weight is 674 g/mol. The molecule has 4 amide bonds. The molecule has 1 unspecified atom stereocenters. The zero-order chi connectivity index (χ0) is 34.9. The summed E-state index contributed by atoms with van der Waals surface area (Å²) in [7, 11) is 0.0823. The zero-order valence-electron chi connectivity index (χ0n) is 27.2. The number of nitrogens with two attached hydrogens (primary N) is 2. The van der Waals surface area contributed by atoms with Gasteiger partial charge in [-0.1, -0.05) is 42.8 Å². The highest BCUT2D eigenvalue weighted by atomic mass is 32.2. The van der Waals surface area contributed by atoms with Crippen LogP contribution >= 0.6 is 0 Å². The Hall–Kier alpha value is -4.14. The summed E-state index contributed by atoms with van der Waals surface area (Å²) in [6, 6.07) is 10.1. The second kappa shape index (κ2) is 20.2. The predicted molar refractivity (Wildman–Crippen MR) is 178 cm³/mol. The van der Waals surface area contributed by atoms with Crippen molar-refractivity contribution in [3.05, 3.63) is 65.2 Å². The highest BCUT2D eigenvalue weighted by Gasteiger charge is 2.33. The number of amides is 4. The molecule has 0 radical (unpaired) electrons. The molecule has 0 aromatic heterocycles. The summed E-state index contributed by atoms with van der Waals surface area (Å²) in [5.41, 5.74) is 14.4. The maximum Gasteiger partial charge on any atom is 0.305 e. The van der Waals surface area contributed by atoms with E-state index in [2.05, 4.69) is 15.4 Å². The number of methoxy groups -OCH3 is 1. The van der Waals surface area contributed by atoms with Gasteiger partial charge in [-0.05, 0) is 61.4 Å². The number of benzene rings is 2. The molecular formula is C33H47N5O8S. The van der Waals surface area contributed by atoms with Gasteiger partial charge >= 0.3 is 5.97 Å². The van der Waals surface area contributed by atoms with Crippen molar-refractivity contribution in [2.24, 2.45) is 11.5 Å². The van der Waals surface area contributed by atoms with E-state index in [1.54, 1.807) is 37.3 Å². The Labute approximate surface area is 278 Å². The molecule has 2 aromatic carbocycles. The van der Waals surface area contributed by atoms with E-state index in [1.165, 1.54) is 25.5 Å². The normalized spacial score (nSPS) is 13.5. The second-order valence-electron chi connectivity index (χ2n) is 11.3. The van der Waals surface area contributed by atoms with Crippen molar-refractivity contribution in [2.75, 3.05) is 32.2 Å². The number of imide groups is 1. The highest BCUT2D eigenvalue weighted by molar-refractivity contribution is 7.84. The minimum absolute atomic E-state index is 0.0122. The number of aromatic hydroxyl groups is 1. The van der Waals surface area contributed by atoms with Gasteiger partial charge in [-0.15, -0.1) is 0 Å². The number of hydrogen-bond donors (Lipinski definition) is 5. The van der Waals surface area contributed by atoms with Crippen molar-refractivity contribution >= 4 is 40.4 Å². The monoisotopic (exact) mass is 673 g/mol. The van der Waals surface area contributed by atoms with Crippen LogP contribution in [0.2, 0.25) is 0 Å². The number of nitrogens with one attached hydrogen (secondary N) is 2. The van der Waals surface area contributed by atoms with Crippen LogP contribution in [0.25, 0.3) is 0 Å². The van der Waals surface area contributed by atoms with Crippen molar-refractivity contribution in [2.45, 2.75) is 70.0 Å². The summed E-state index contributed by atoms with van der Waals surface area (Å²) in [6.07, 6.45) is 3.80. The Morgan fingerprint density at radius 1 is 0.957 bits per heavy atom. The summed E-state index contributed by atoms with van der Waals surface area (Å²) < 4.78 is 16.3. The number of phenols is 1. The fourth-order valence-corrected chi connectivity index (χ4v) is 5.35. The number of rotatable bonds is 19. The topological polar surface area (TPSA) is 211 Å². The Balaban J connectivity index is 2.20. The van der Waals surface area contributed by atoms with Gasteiger partial charge < -0.3 is 31.9 Å². The quantitative estimate of drug-likeness (QED) is 0.104. The molecule has 258 valence electrons. The number of ether oxygens (including phenoxy) is 1. The number of carbonyl (C=O) groups excluding carboxylic acids is 5. The number of carbonyl (C=O) groups is 5. The maximum absolute atomic E-state index is 13.6. The summed E-state index contributed by atoms with van der Waals surface area (Å²) in [5, 5.41) is 15.2. The third-order valence-electron chi connectivity index (χ3n) is 7.47. The van der Waals surface area contributed by atoms with E-state index < -0.39 is 59.1 Å². The molecule has 0 aliphatic rings. The average Bonchev–Trinajstić information content (AvgIpc) is 3.04. The summed E-state index contributed by atoms with van der Waals surface area (Å²) in [6.45, 7) is 1.31. The van der Waals surface area contributed by atoms with Gasteiger partial charge in [0.15, 0.2) is 0 Å². The SMILES string of the molecule is COC(=O)CCCCCNC(=O)[C@H](Cc1ccccc1)NC(=O)CN(C(=O)[C@H](N)CCS(C)=O)C(=O)[C@@H](N)Cc1ccc(O)cc1C. The molecule has 0 fully saturated rings. The fourth-order valence-electron chi connectivity index (χ4n) is 4.77. The van der Waals surface area contributed by atoms with E-state index in [0.717, 1.165) is 5.56 Å². The van der Waals surface area contributed by atoms with Crippen LogP contribution in [0.1, 0.15) is 48.8 Å². The molecular weight excluding hydrogens is 626 g/mol. The Bertz CT molecular complexity index is 1390. The lowest BCUT2D eigenvalue weighted by atomic mass is 10.00. The number of nitrogens with zero attached hydrogens (tertiary/aromatic N) is 1. The first-order chi connectivity index (χ1) is 22.3. The van der Waals surface area contributed by atoms with Crippen LogP contribution < -0.4 is 22.1 Å². The molecule has 0 heterocycles. The number of unbranched alkanes of at least 4 members (excludes halogenated alkanes) is 2. The highest BCUT2D eigenvalue weighted by Crippen LogP contribution is 2.17. The van der Waals surface area contributed by atoms with Gasteiger partial charge in [0, 0.05) is 42.2 Å².